The largest absolute Gasteiger partial charge is 0.480 e. The molecule has 194 valence electrons. The molecule has 0 radical (unpaired) electrons. The Kier molecular flexibility index (Phi) is 6.19. The molecule has 5 aromatic rings. The van der Waals surface area contributed by atoms with E-state index in [2.05, 4.69) is 14.9 Å². The minimum Gasteiger partial charge on any atom is -0.480 e. The van der Waals surface area contributed by atoms with E-state index in [-0.39, 0.29) is 6.42 Å². The molecule has 3 heterocycles. The van der Waals surface area contributed by atoms with Gasteiger partial charge >= 0.3 is 5.97 Å². The van der Waals surface area contributed by atoms with Crippen LogP contribution in [0.25, 0.3) is 33.3 Å². The summed E-state index contributed by atoms with van der Waals surface area (Å²) in [5.41, 5.74) is 4.10. The lowest BCUT2D eigenvalue weighted by molar-refractivity contribution is -0.139. The number of H-pyrrole nitrogens is 1. The lowest BCUT2D eigenvalue weighted by atomic mass is 9.95. The van der Waals surface area contributed by atoms with Crippen LogP contribution < -0.4 is 5.32 Å². The lowest BCUT2D eigenvalue weighted by Gasteiger charge is -2.25. The van der Waals surface area contributed by atoms with E-state index in [1.54, 1.807) is 36.9 Å². The number of furan rings is 1. The molecule has 1 fully saturated rings. The van der Waals surface area contributed by atoms with Gasteiger partial charge in [0.15, 0.2) is 0 Å². The first-order chi connectivity index (χ1) is 18.5. The predicted molar refractivity (Wildman–Crippen MR) is 140 cm³/mol. The zero-order valence-corrected chi connectivity index (χ0v) is 20.6. The van der Waals surface area contributed by atoms with Crippen LogP contribution in [0.1, 0.15) is 54.1 Å². The fourth-order valence-corrected chi connectivity index (χ4v) is 5.53. The number of aliphatic carboxylic acids is 1. The number of aromatic nitrogens is 3. The molecular formula is C29H27FN4O4. The first kappa shape index (κ1) is 24.0. The molecule has 0 spiro atoms. The summed E-state index contributed by atoms with van der Waals surface area (Å²) < 4.78 is 21.3. The summed E-state index contributed by atoms with van der Waals surface area (Å²) in [5, 5.41) is 13.1. The molecule has 1 aliphatic carbocycles. The van der Waals surface area contributed by atoms with Crippen LogP contribution in [0, 0.1) is 5.82 Å². The summed E-state index contributed by atoms with van der Waals surface area (Å²) in [4.78, 5) is 33.1. The third-order valence-electron chi connectivity index (χ3n) is 7.43. The number of nitrogens with zero attached hydrogens (tertiary/aromatic N) is 2. The fourth-order valence-electron chi connectivity index (χ4n) is 5.53. The number of hydrogen-bond donors (Lipinski definition) is 3. The van der Waals surface area contributed by atoms with Crippen LogP contribution in [-0.4, -0.2) is 37.6 Å². The van der Waals surface area contributed by atoms with Crippen LogP contribution in [0.15, 0.2) is 65.6 Å². The third-order valence-corrected chi connectivity index (χ3v) is 7.43. The maximum atomic E-state index is 13.8. The van der Waals surface area contributed by atoms with Crippen LogP contribution in [0.2, 0.25) is 0 Å². The van der Waals surface area contributed by atoms with Gasteiger partial charge in [0.2, 0.25) is 0 Å². The van der Waals surface area contributed by atoms with Crippen molar-refractivity contribution in [2.24, 2.45) is 0 Å². The monoisotopic (exact) mass is 514 g/mol. The highest BCUT2D eigenvalue weighted by Crippen LogP contribution is 2.36. The molecule has 1 saturated carbocycles. The van der Waals surface area contributed by atoms with Gasteiger partial charge in [0.05, 0.1) is 22.9 Å². The number of carboxylic acids is 1. The molecule has 0 unspecified atom stereocenters. The van der Waals surface area contributed by atoms with Crippen molar-refractivity contribution in [3.8, 4) is 11.4 Å². The van der Waals surface area contributed by atoms with Crippen LogP contribution in [0.3, 0.4) is 0 Å². The number of carbonyl (C=O) groups excluding carboxylic acids is 1. The van der Waals surface area contributed by atoms with Gasteiger partial charge in [-0.1, -0.05) is 19.3 Å². The molecule has 1 aliphatic rings. The highest BCUT2D eigenvalue weighted by Gasteiger charge is 2.25. The summed E-state index contributed by atoms with van der Waals surface area (Å²) in [6, 6.07) is 10.6. The molecule has 0 aliphatic heterocycles. The average Bonchev–Trinajstić information content (AvgIpc) is 3.67. The number of rotatable bonds is 7. The Morgan fingerprint density at radius 1 is 1.16 bits per heavy atom. The van der Waals surface area contributed by atoms with Crippen molar-refractivity contribution in [3.63, 3.8) is 0 Å². The summed E-state index contributed by atoms with van der Waals surface area (Å²) in [5.74, 6) is -1.30. The molecule has 6 rings (SSSR count). The van der Waals surface area contributed by atoms with E-state index in [0.29, 0.717) is 33.6 Å². The van der Waals surface area contributed by atoms with E-state index < -0.39 is 23.7 Å². The molecular weight excluding hydrogens is 487 g/mol. The van der Waals surface area contributed by atoms with Crippen molar-refractivity contribution in [3.05, 3.63) is 78.1 Å². The molecule has 9 heteroatoms. The van der Waals surface area contributed by atoms with E-state index >= 15 is 0 Å². The van der Waals surface area contributed by atoms with Crippen molar-refractivity contribution in [2.45, 2.75) is 50.6 Å². The summed E-state index contributed by atoms with van der Waals surface area (Å²) in [6.07, 6.45) is 10.6. The Morgan fingerprint density at radius 2 is 2.00 bits per heavy atom. The Morgan fingerprint density at radius 3 is 2.76 bits per heavy atom. The van der Waals surface area contributed by atoms with E-state index in [4.69, 9.17) is 9.40 Å². The van der Waals surface area contributed by atoms with Crippen molar-refractivity contribution in [1.82, 2.24) is 19.9 Å². The van der Waals surface area contributed by atoms with Crippen LogP contribution in [0.5, 0.6) is 0 Å². The first-order valence-corrected chi connectivity index (χ1v) is 12.8. The number of benzene rings is 2. The molecule has 1 atom stereocenters. The minimum absolute atomic E-state index is 0.00765. The zero-order chi connectivity index (χ0) is 26.2. The molecule has 38 heavy (non-hydrogen) atoms. The number of carbonyl (C=O) groups is 2. The number of carboxylic acid groups (broad SMARTS) is 1. The Balaban J connectivity index is 1.29. The average molecular weight is 515 g/mol. The maximum absolute atomic E-state index is 13.8. The van der Waals surface area contributed by atoms with E-state index in [1.165, 1.54) is 18.6 Å². The number of amides is 1. The SMILES string of the molecule is O=C(N[C@@H](Cc1c[nH]c2ccc(F)cc12)C(=O)O)c1ccc2c(c1)nc(-c1ccoc1)n2C1CCCCC1. The molecule has 0 saturated heterocycles. The topological polar surface area (TPSA) is 113 Å². The Bertz CT molecular complexity index is 1630. The number of halogens is 1. The van der Waals surface area contributed by atoms with Gasteiger partial charge in [-0.3, -0.25) is 4.79 Å². The number of nitrogens with one attached hydrogen (secondary N) is 2. The summed E-state index contributed by atoms with van der Waals surface area (Å²) in [7, 11) is 0. The second-order valence-electron chi connectivity index (χ2n) is 9.88. The fraction of sp³-hybridized carbons (Fsp3) is 0.276. The summed E-state index contributed by atoms with van der Waals surface area (Å²) >= 11 is 0. The molecule has 0 bridgehead atoms. The van der Waals surface area contributed by atoms with Gasteiger partial charge in [0.1, 0.15) is 23.9 Å². The molecule has 2 aromatic carbocycles. The molecule has 3 N–H and O–H groups in total. The standard InChI is InChI=1S/C29H27FN4O4/c30-20-7-8-23-22(14-20)19(15-31-23)13-25(29(36)37)33-28(35)17-6-9-26-24(12-17)32-27(18-10-11-38-16-18)34(26)21-4-2-1-3-5-21/h6-12,14-16,21,25,31H,1-5,13H2,(H,33,35)(H,36,37)/t25-/m0/s1. The van der Waals surface area contributed by atoms with Gasteiger partial charge in [-0.15, -0.1) is 0 Å². The smallest absolute Gasteiger partial charge is 0.326 e. The lowest BCUT2D eigenvalue weighted by Crippen LogP contribution is -2.42. The molecule has 8 nitrogen and oxygen atoms in total. The van der Waals surface area contributed by atoms with Crippen LogP contribution >= 0.6 is 0 Å². The van der Waals surface area contributed by atoms with Gasteiger partial charge in [-0.2, -0.15) is 0 Å². The van der Waals surface area contributed by atoms with Crippen molar-refractivity contribution >= 4 is 33.8 Å². The van der Waals surface area contributed by atoms with Gasteiger partial charge < -0.3 is 24.4 Å². The van der Waals surface area contributed by atoms with Crippen LogP contribution in [0.4, 0.5) is 4.39 Å². The van der Waals surface area contributed by atoms with E-state index in [9.17, 15) is 19.1 Å². The minimum atomic E-state index is -1.19. The Labute approximate surface area is 217 Å². The van der Waals surface area contributed by atoms with Gasteiger partial charge in [-0.25, -0.2) is 14.2 Å². The summed E-state index contributed by atoms with van der Waals surface area (Å²) in [6.45, 7) is 0. The van der Waals surface area contributed by atoms with Crippen LogP contribution in [-0.2, 0) is 11.2 Å². The molecule has 3 aromatic heterocycles. The number of imidazole rings is 1. The third kappa shape index (κ3) is 4.44. The highest BCUT2D eigenvalue weighted by molar-refractivity contribution is 5.99. The zero-order valence-electron chi connectivity index (χ0n) is 20.6. The Hall–Kier alpha value is -4.40. The van der Waals surface area contributed by atoms with Gasteiger partial charge in [0.25, 0.3) is 5.91 Å². The normalized spacial score (nSPS) is 15.2. The first-order valence-electron chi connectivity index (χ1n) is 12.8. The highest BCUT2D eigenvalue weighted by atomic mass is 19.1. The predicted octanol–water partition coefficient (Wildman–Crippen LogP) is 5.85. The number of fused-ring (bicyclic) bond motifs is 2. The second kappa shape index (κ2) is 9.81. The van der Waals surface area contributed by atoms with Crippen molar-refractivity contribution in [2.75, 3.05) is 0 Å². The number of hydrogen-bond acceptors (Lipinski definition) is 4. The number of aromatic amines is 1. The van der Waals surface area contributed by atoms with Crippen molar-refractivity contribution < 1.29 is 23.5 Å². The van der Waals surface area contributed by atoms with Crippen molar-refractivity contribution in [1.29, 1.82) is 0 Å². The second-order valence-corrected chi connectivity index (χ2v) is 9.88. The maximum Gasteiger partial charge on any atom is 0.326 e. The van der Waals surface area contributed by atoms with Gasteiger partial charge in [0, 0.05) is 35.1 Å². The quantitative estimate of drug-likeness (QED) is 0.252. The van der Waals surface area contributed by atoms with E-state index in [1.807, 2.05) is 12.1 Å². The van der Waals surface area contributed by atoms with E-state index in [0.717, 1.165) is 42.6 Å². The molecule has 1 amide bonds. The van der Waals surface area contributed by atoms with Gasteiger partial charge in [-0.05, 0) is 60.9 Å².